The van der Waals surface area contributed by atoms with E-state index in [2.05, 4.69) is 12.2 Å². The molecule has 0 bridgehead atoms. The van der Waals surface area contributed by atoms with Crippen LogP contribution in [0.15, 0.2) is 18.2 Å². The number of nitrogens with one attached hydrogen (secondary N) is 1. The van der Waals surface area contributed by atoms with Gasteiger partial charge in [0.15, 0.2) is 0 Å². The van der Waals surface area contributed by atoms with Crippen LogP contribution in [0.5, 0.6) is 0 Å². The molecule has 0 aliphatic carbocycles. The molecule has 1 aromatic rings. The second-order valence-electron chi connectivity index (χ2n) is 4.80. The SMILES string of the molecule is CCC(CCO)CNCc1ccc(C)c([N+](=O)[O-])c1. The van der Waals surface area contributed by atoms with Crippen molar-refractivity contribution >= 4 is 5.69 Å². The van der Waals surface area contributed by atoms with Crippen LogP contribution < -0.4 is 5.32 Å². The van der Waals surface area contributed by atoms with Crippen LogP contribution in [-0.4, -0.2) is 23.2 Å². The highest BCUT2D eigenvalue weighted by Crippen LogP contribution is 2.19. The molecule has 2 N–H and O–H groups in total. The summed E-state index contributed by atoms with van der Waals surface area (Å²) in [5.74, 6) is 0.449. The van der Waals surface area contributed by atoms with Crippen molar-refractivity contribution in [2.24, 2.45) is 5.92 Å². The Morgan fingerprint density at radius 2 is 2.21 bits per heavy atom. The van der Waals surface area contributed by atoms with Gasteiger partial charge in [0.25, 0.3) is 5.69 Å². The third-order valence-corrected chi connectivity index (χ3v) is 3.35. The molecule has 0 amide bonds. The molecule has 0 aliphatic rings. The van der Waals surface area contributed by atoms with Gasteiger partial charge in [0.2, 0.25) is 0 Å². The standard InChI is InChI=1S/C14H22N2O3/c1-3-12(6-7-17)9-15-10-13-5-4-11(2)14(8-13)16(18)19/h4-5,8,12,15,17H,3,6-7,9-10H2,1-2H3. The van der Waals surface area contributed by atoms with E-state index in [1.54, 1.807) is 19.1 Å². The zero-order chi connectivity index (χ0) is 14.3. The summed E-state index contributed by atoms with van der Waals surface area (Å²) >= 11 is 0. The molecule has 106 valence electrons. The number of nitro benzene ring substituents is 1. The van der Waals surface area contributed by atoms with E-state index in [0.717, 1.165) is 24.9 Å². The van der Waals surface area contributed by atoms with Crippen LogP contribution in [0.2, 0.25) is 0 Å². The predicted molar refractivity (Wildman–Crippen MR) is 75.0 cm³/mol. The molecule has 1 aromatic carbocycles. The highest BCUT2D eigenvalue weighted by Gasteiger charge is 2.11. The Balaban J connectivity index is 2.54. The molecule has 1 unspecified atom stereocenters. The maximum absolute atomic E-state index is 10.8. The van der Waals surface area contributed by atoms with E-state index in [9.17, 15) is 10.1 Å². The summed E-state index contributed by atoms with van der Waals surface area (Å²) in [4.78, 5) is 10.5. The van der Waals surface area contributed by atoms with E-state index in [0.29, 0.717) is 18.0 Å². The molecule has 1 atom stereocenters. The van der Waals surface area contributed by atoms with Gasteiger partial charge in [-0.2, -0.15) is 0 Å². The molecule has 5 heteroatoms. The van der Waals surface area contributed by atoms with Crippen molar-refractivity contribution in [3.05, 3.63) is 39.4 Å². The molecule has 0 spiro atoms. The lowest BCUT2D eigenvalue weighted by Crippen LogP contribution is -2.23. The van der Waals surface area contributed by atoms with E-state index in [-0.39, 0.29) is 17.2 Å². The fourth-order valence-corrected chi connectivity index (χ4v) is 2.02. The fraction of sp³-hybridized carbons (Fsp3) is 0.571. The Labute approximate surface area is 113 Å². The largest absolute Gasteiger partial charge is 0.396 e. The van der Waals surface area contributed by atoms with Crippen LogP contribution >= 0.6 is 0 Å². The van der Waals surface area contributed by atoms with E-state index < -0.39 is 0 Å². The number of rotatable bonds is 8. The second kappa shape index (κ2) is 7.86. The van der Waals surface area contributed by atoms with Gasteiger partial charge in [0, 0.05) is 24.8 Å². The van der Waals surface area contributed by atoms with Crippen LogP contribution in [0.4, 0.5) is 5.69 Å². The Bertz CT molecular complexity index is 421. The Morgan fingerprint density at radius 1 is 1.47 bits per heavy atom. The summed E-state index contributed by atoms with van der Waals surface area (Å²) in [5.41, 5.74) is 1.76. The summed E-state index contributed by atoms with van der Waals surface area (Å²) in [6, 6.07) is 5.30. The lowest BCUT2D eigenvalue weighted by Gasteiger charge is -2.14. The monoisotopic (exact) mass is 266 g/mol. The molecule has 0 aromatic heterocycles. The van der Waals surface area contributed by atoms with Gasteiger partial charge >= 0.3 is 0 Å². The molecule has 5 nitrogen and oxygen atoms in total. The van der Waals surface area contributed by atoms with Crippen LogP contribution in [0.3, 0.4) is 0 Å². The average molecular weight is 266 g/mol. The molecule has 0 saturated carbocycles. The van der Waals surface area contributed by atoms with Crippen molar-refractivity contribution in [2.45, 2.75) is 33.2 Å². The summed E-state index contributed by atoms with van der Waals surface area (Å²) in [5, 5.41) is 23.0. The Hall–Kier alpha value is -1.46. The smallest absolute Gasteiger partial charge is 0.272 e. The van der Waals surface area contributed by atoms with Gasteiger partial charge in [-0.3, -0.25) is 10.1 Å². The first-order valence-corrected chi connectivity index (χ1v) is 6.64. The quantitative estimate of drug-likeness (QED) is 0.559. The lowest BCUT2D eigenvalue weighted by atomic mass is 10.0. The normalized spacial score (nSPS) is 12.4. The summed E-state index contributed by atoms with van der Waals surface area (Å²) in [6.07, 6.45) is 1.80. The maximum atomic E-state index is 10.8. The van der Waals surface area contributed by atoms with Crippen LogP contribution in [-0.2, 0) is 6.54 Å². The Morgan fingerprint density at radius 3 is 2.79 bits per heavy atom. The summed E-state index contributed by atoms with van der Waals surface area (Å²) in [7, 11) is 0. The van der Waals surface area contributed by atoms with Gasteiger partial charge in [-0.05, 0) is 31.4 Å². The Kier molecular flexibility index (Phi) is 6.45. The highest BCUT2D eigenvalue weighted by atomic mass is 16.6. The topological polar surface area (TPSA) is 75.4 Å². The van der Waals surface area contributed by atoms with Crippen molar-refractivity contribution < 1.29 is 10.0 Å². The predicted octanol–water partition coefficient (Wildman–Crippen LogP) is 2.40. The number of nitrogens with zero attached hydrogens (tertiary/aromatic N) is 1. The van der Waals surface area contributed by atoms with E-state index in [1.165, 1.54) is 0 Å². The van der Waals surface area contributed by atoms with Crippen molar-refractivity contribution in [2.75, 3.05) is 13.2 Å². The minimum Gasteiger partial charge on any atom is -0.396 e. The van der Waals surface area contributed by atoms with Crippen LogP contribution in [0.25, 0.3) is 0 Å². The van der Waals surface area contributed by atoms with Gasteiger partial charge in [0.1, 0.15) is 0 Å². The zero-order valence-electron chi connectivity index (χ0n) is 11.6. The third-order valence-electron chi connectivity index (χ3n) is 3.35. The third kappa shape index (κ3) is 4.96. The number of aliphatic hydroxyl groups is 1. The first-order chi connectivity index (χ1) is 9.08. The molecular weight excluding hydrogens is 244 g/mol. The van der Waals surface area contributed by atoms with Crippen molar-refractivity contribution in [3.63, 3.8) is 0 Å². The lowest BCUT2D eigenvalue weighted by molar-refractivity contribution is -0.385. The minimum atomic E-state index is -0.348. The van der Waals surface area contributed by atoms with E-state index >= 15 is 0 Å². The molecule has 19 heavy (non-hydrogen) atoms. The van der Waals surface area contributed by atoms with Gasteiger partial charge in [-0.1, -0.05) is 25.5 Å². The first-order valence-electron chi connectivity index (χ1n) is 6.64. The summed E-state index contributed by atoms with van der Waals surface area (Å²) < 4.78 is 0. The van der Waals surface area contributed by atoms with E-state index in [1.807, 2.05) is 6.07 Å². The highest BCUT2D eigenvalue weighted by molar-refractivity contribution is 5.42. The van der Waals surface area contributed by atoms with Gasteiger partial charge in [-0.15, -0.1) is 0 Å². The number of benzene rings is 1. The summed E-state index contributed by atoms with van der Waals surface area (Å²) in [6.45, 7) is 5.47. The van der Waals surface area contributed by atoms with Crippen molar-refractivity contribution in [3.8, 4) is 0 Å². The van der Waals surface area contributed by atoms with Crippen LogP contribution in [0, 0.1) is 23.0 Å². The van der Waals surface area contributed by atoms with Crippen molar-refractivity contribution in [1.82, 2.24) is 5.32 Å². The second-order valence-corrected chi connectivity index (χ2v) is 4.80. The molecule has 0 saturated heterocycles. The number of nitro groups is 1. The molecule has 0 radical (unpaired) electrons. The number of hydrogen-bond donors (Lipinski definition) is 2. The molecule has 0 fully saturated rings. The molecule has 0 aliphatic heterocycles. The van der Waals surface area contributed by atoms with Gasteiger partial charge in [0.05, 0.1) is 4.92 Å². The fourth-order valence-electron chi connectivity index (χ4n) is 2.02. The van der Waals surface area contributed by atoms with Crippen LogP contribution in [0.1, 0.15) is 30.9 Å². The van der Waals surface area contributed by atoms with Crippen molar-refractivity contribution in [1.29, 1.82) is 0 Å². The minimum absolute atomic E-state index is 0.168. The van der Waals surface area contributed by atoms with Gasteiger partial charge < -0.3 is 10.4 Å². The zero-order valence-corrected chi connectivity index (χ0v) is 11.6. The molecular formula is C14H22N2O3. The molecule has 0 heterocycles. The first kappa shape index (κ1) is 15.6. The van der Waals surface area contributed by atoms with Gasteiger partial charge in [-0.25, -0.2) is 0 Å². The number of aliphatic hydroxyl groups excluding tert-OH is 1. The maximum Gasteiger partial charge on any atom is 0.272 e. The number of aryl methyl sites for hydroxylation is 1. The number of hydrogen-bond acceptors (Lipinski definition) is 4. The molecule has 1 rings (SSSR count). The average Bonchev–Trinajstić information content (AvgIpc) is 2.39. The van der Waals surface area contributed by atoms with E-state index in [4.69, 9.17) is 5.11 Å².